The molecule has 5 nitrogen and oxygen atoms in total. The smallest absolute Gasteiger partial charge is 0.143 e. The molecule has 1 saturated carbocycles. The number of aliphatic hydroxyl groups excluding tert-OH is 1. The third-order valence-corrected chi connectivity index (χ3v) is 2.98. The molecule has 0 atom stereocenters. The first kappa shape index (κ1) is 9.59. The van der Waals surface area contributed by atoms with Crippen molar-refractivity contribution in [2.24, 2.45) is 0 Å². The molecule has 84 valence electrons. The molecule has 0 bridgehead atoms. The first-order valence-electron chi connectivity index (χ1n) is 5.48. The highest BCUT2D eigenvalue weighted by molar-refractivity contribution is 5.87. The molecule has 2 heterocycles. The van der Waals surface area contributed by atoms with Gasteiger partial charge in [-0.2, -0.15) is 0 Å². The van der Waals surface area contributed by atoms with Crippen LogP contribution in [-0.2, 0) is 0 Å². The minimum absolute atomic E-state index is 0.151. The van der Waals surface area contributed by atoms with Crippen molar-refractivity contribution >= 4 is 16.9 Å². The van der Waals surface area contributed by atoms with Gasteiger partial charge in [0.15, 0.2) is 0 Å². The van der Waals surface area contributed by atoms with E-state index in [4.69, 9.17) is 0 Å². The monoisotopic (exact) mass is 218 g/mol. The average Bonchev–Trinajstić information content (AvgIpc) is 2.62. The molecule has 0 saturated heterocycles. The number of aryl methyl sites for hydroxylation is 1. The van der Waals surface area contributed by atoms with Crippen molar-refractivity contribution in [3.63, 3.8) is 0 Å². The standard InChI is InChI=1S/C11H14N4O/c1-6-13-10-9(2-3-12-10)11(14-6)15-7-4-8(16)5-7/h2-3,7-8,16H,4-5H2,1H3,(H2,12,13,14,15). The lowest BCUT2D eigenvalue weighted by atomic mass is 9.89. The summed E-state index contributed by atoms with van der Waals surface area (Å²) in [5.74, 6) is 1.61. The molecule has 3 rings (SSSR count). The Hall–Kier alpha value is -1.62. The second kappa shape index (κ2) is 3.45. The van der Waals surface area contributed by atoms with Crippen molar-refractivity contribution in [2.45, 2.75) is 31.9 Å². The van der Waals surface area contributed by atoms with Crippen LogP contribution in [0.4, 0.5) is 5.82 Å². The van der Waals surface area contributed by atoms with Gasteiger partial charge in [0.2, 0.25) is 0 Å². The van der Waals surface area contributed by atoms with Gasteiger partial charge in [-0.25, -0.2) is 9.97 Å². The highest BCUT2D eigenvalue weighted by Gasteiger charge is 2.27. The van der Waals surface area contributed by atoms with E-state index in [1.165, 1.54) is 0 Å². The van der Waals surface area contributed by atoms with Crippen LogP contribution < -0.4 is 5.32 Å². The molecule has 1 aliphatic carbocycles. The Morgan fingerprint density at radius 3 is 3.00 bits per heavy atom. The number of hydrogen-bond acceptors (Lipinski definition) is 4. The maximum Gasteiger partial charge on any atom is 0.143 e. The normalized spacial score (nSPS) is 24.4. The van der Waals surface area contributed by atoms with E-state index in [9.17, 15) is 5.11 Å². The predicted octanol–water partition coefficient (Wildman–Crippen LogP) is 1.20. The van der Waals surface area contributed by atoms with Gasteiger partial charge in [-0.3, -0.25) is 0 Å². The quantitative estimate of drug-likeness (QED) is 0.708. The van der Waals surface area contributed by atoms with Gasteiger partial charge >= 0.3 is 0 Å². The fraction of sp³-hybridized carbons (Fsp3) is 0.455. The largest absolute Gasteiger partial charge is 0.393 e. The number of rotatable bonds is 2. The third-order valence-electron chi connectivity index (χ3n) is 2.98. The number of nitrogens with one attached hydrogen (secondary N) is 2. The maximum atomic E-state index is 9.25. The van der Waals surface area contributed by atoms with E-state index >= 15 is 0 Å². The number of aromatic amines is 1. The molecule has 0 aliphatic heterocycles. The summed E-state index contributed by atoms with van der Waals surface area (Å²) in [6.45, 7) is 1.88. The average molecular weight is 218 g/mol. The van der Waals surface area contributed by atoms with Gasteiger partial charge in [-0.15, -0.1) is 0 Å². The van der Waals surface area contributed by atoms with Crippen LogP contribution in [0, 0.1) is 6.92 Å². The molecule has 0 amide bonds. The molecule has 2 aromatic rings. The van der Waals surface area contributed by atoms with E-state index in [0.717, 1.165) is 35.5 Å². The highest BCUT2D eigenvalue weighted by Crippen LogP contribution is 2.26. The summed E-state index contributed by atoms with van der Waals surface area (Å²) < 4.78 is 0. The molecule has 2 aromatic heterocycles. The SMILES string of the molecule is Cc1nc(NC2CC(O)C2)c2cc[nH]c2n1. The lowest BCUT2D eigenvalue weighted by Crippen LogP contribution is -2.39. The molecule has 0 aromatic carbocycles. The Bertz CT molecular complexity index is 516. The van der Waals surface area contributed by atoms with Crippen LogP contribution in [0.1, 0.15) is 18.7 Å². The minimum Gasteiger partial charge on any atom is -0.393 e. The zero-order chi connectivity index (χ0) is 11.1. The molecule has 0 radical (unpaired) electrons. The second-order valence-corrected chi connectivity index (χ2v) is 4.33. The Labute approximate surface area is 92.9 Å². The van der Waals surface area contributed by atoms with Crippen LogP contribution >= 0.6 is 0 Å². The fourth-order valence-electron chi connectivity index (χ4n) is 2.06. The molecule has 5 heteroatoms. The Kier molecular flexibility index (Phi) is 2.07. The molecule has 0 unspecified atom stereocenters. The van der Waals surface area contributed by atoms with Gasteiger partial charge in [0.1, 0.15) is 17.3 Å². The number of hydrogen-bond donors (Lipinski definition) is 3. The van der Waals surface area contributed by atoms with Crippen LogP contribution in [0.25, 0.3) is 11.0 Å². The van der Waals surface area contributed by atoms with Gasteiger partial charge in [0.25, 0.3) is 0 Å². The van der Waals surface area contributed by atoms with Crippen molar-refractivity contribution < 1.29 is 5.11 Å². The topological polar surface area (TPSA) is 73.8 Å². The second-order valence-electron chi connectivity index (χ2n) is 4.33. The summed E-state index contributed by atoms with van der Waals surface area (Å²) in [5, 5.41) is 13.6. The minimum atomic E-state index is -0.151. The van der Waals surface area contributed by atoms with Crippen molar-refractivity contribution in [3.05, 3.63) is 18.1 Å². The van der Waals surface area contributed by atoms with Crippen LogP contribution in [0.3, 0.4) is 0 Å². The number of nitrogens with zero attached hydrogens (tertiary/aromatic N) is 2. The lowest BCUT2D eigenvalue weighted by Gasteiger charge is -2.32. The summed E-state index contributed by atoms with van der Waals surface area (Å²) >= 11 is 0. The number of anilines is 1. The first-order valence-corrected chi connectivity index (χ1v) is 5.48. The highest BCUT2D eigenvalue weighted by atomic mass is 16.3. The molecule has 16 heavy (non-hydrogen) atoms. The molecule has 3 N–H and O–H groups in total. The van der Waals surface area contributed by atoms with Gasteiger partial charge in [-0.05, 0) is 25.8 Å². The maximum absolute atomic E-state index is 9.25. The summed E-state index contributed by atoms with van der Waals surface area (Å²) in [5.41, 5.74) is 0.856. The van der Waals surface area contributed by atoms with E-state index in [2.05, 4.69) is 20.3 Å². The van der Waals surface area contributed by atoms with E-state index < -0.39 is 0 Å². The number of fused-ring (bicyclic) bond motifs is 1. The Balaban J connectivity index is 1.92. The van der Waals surface area contributed by atoms with Gasteiger partial charge in [0.05, 0.1) is 11.5 Å². The van der Waals surface area contributed by atoms with Gasteiger partial charge in [-0.1, -0.05) is 0 Å². The van der Waals surface area contributed by atoms with Crippen molar-refractivity contribution in [1.29, 1.82) is 0 Å². The summed E-state index contributed by atoms with van der Waals surface area (Å²) in [6.07, 6.45) is 3.31. The Morgan fingerprint density at radius 1 is 1.44 bits per heavy atom. The lowest BCUT2D eigenvalue weighted by molar-refractivity contribution is 0.0836. The molecular formula is C11H14N4O. The molecule has 1 aliphatic rings. The number of H-pyrrole nitrogens is 1. The zero-order valence-electron chi connectivity index (χ0n) is 9.07. The number of aromatic nitrogens is 3. The van der Waals surface area contributed by atoms with Crippen LogP contribution in [0.5, 0.6) is 0 Å². The molecular weight excluding hydrogens is 204 g/mol. The van der Waals surface area contributed by atoms with Gasteiger partial charge in [0, 0.05) is 12.2 Å². The summed E-state index contributed by atoms with van der Waals surface area (Å²) in [4.78, 5) is 11.8. The molecule has 1 fully saturated rings. The summed E-state index contributed by atoms with van der Waals surface area (Å²) in [6, 6.07) is 2.30. The Morgan fingerprint density at radius 2 is 2.25 bits per heavy atom. The van der Waals surface area contributed by atoms with Crippen molar-refractivity contribution in [3.8, 4) is 0 Å². The van der Waals surface area contributed by atoms with E-state index in [1.54, 1.807) is 0 Å². The van der Waals surface area contributed by atoms with Gasteiger partial charge < -0.3 is 15.4 Å². The third kappa shape index (κ3) is 1.53. The zero-order valence-corrected chi connectivity index (χ0v) is 9.07. The summed E-state index contributed by atoms with van der Waals surface area (Å²) in [7, 11) is 0. The first-order chi connectivity index (χ1) is 7.72. The van der Waals surface area contributed by atoms with E-state index in [1.807, 2.05) is 19.2 Å². The number of aliphatic hydroxyl groups is 1. The van der Waals surface area contributed by atoms with Crippen molar-refractivity contribution in [2.75, 3.05) is 5.32 Å². The van der Waals surface area contributed by atoms with E-state index in [-0.39, 0.29) is 6.10 Å². The van der Waals surface area contributed by atoms with Crippen LogP contribution in [0.2, 0.25) is 0 Å². The van der Waals surface area contributed by atoms with E-state index in [0.29, 0.717) is 6.04 Å². The fourth-order valence-corrected chi connectivity index (χ4v) is 2.06. The van der Waals surface area contributed by atoms with Crippen LogP contribution in [0.15, 0.2) is 12.3 Å². The van der Waals surface area contributed by atoms with Crippen LogP contribution in [-0.4, -0.2) is 32.2 Å². The molecule has 0 spiro atoms. The van der Waals surface area contributed by atoms with Crippen molar-refractivity contribution in [1.82, 2.24) is 15.0 Å². The predicted molar refractivity (Wildman–Crippen MR) is 61.3 cm³/mol.